The van der Waals surface area contributed by atoms with Gasteiger partial charge in [-0.05, 0) is 25.3 Å². The summed E-state index contributed by atoms with van der Waals surface area (Å²) >= 11 is 1.39. The Labute approximate surface area is 122 Å². The third-order valence-corrected chi connectivity index (χ3v) is 4.17. The fraction of sp³-hybridized carbons (Fsp3) is 0.571. The molecule has 110 valence electrons. The minimum absolute atomic E-state index is 0.0686. The van der Waals surface area contributed by atoms with Gasteiger partial charge in [0, 0.05) is 19.5 Å². The summed E-state index contributed by atoms with van der Waals surface area (Å²) in [7, 11) is 0. The second-order valence-electron chi connectivity index (χ2n) is 5.02. The fourth-order valence-corrected chi connectivity index (χ4v) is 2.81. The van der Waals surface area contributed by atoms with Crippen LogP contribution in [-0.4, -0.2) is 48.6 Å². The van der Waals surface area contributed by atoms with Crippen LogP contribution in [0.3, 0.4) is 0 Å². The molecule has 0 spiro atoms. The van der Waals surface area contributed by atoms with E-state index in [-0.39, 0.29) is 24.0 Å². The van der Waals surface area contributed by atoms with E-state index in [1.165, 1.54) is 11.3 Å². The lowest BCUT2D eigenvalue weighted by Gasteiger charge is -2.36. The molecule has 2 rings (SSSR count). The van der Waals surface area contributed by atoms with E-state index >= 15 is 0 Å². The zero-order valence-corrected chi connectivity index (χ0v) is 12.6. The van der Waals surface area contributed by atoms with E-state index in [0.29, 0.717) is 31.0 Å². The molecule has 0 radical (unpaired) electrons. The Hall–Kier alpha value is -1.40. The van der Waals surface area contributed by atoms with E-state index in [1.54, 1.807) is 6.07 Å². The average molecular weight is 296 g/mol. The first-order valence-electron chi connectivity index (χ1n) is 6.80. The normalized spacial score (nSPS) is 22.6. The molecule has 1 aliphatic rings. The lowest BCUT2D eigenvalue weighted by molar-refractivity contribution is -0.143. The third kappa shape index (κ3) is 3.80. The fourth-order valence-electron chi connectivity index (χ4n) is 2.17. The smallest absolute Gasteiger partial charge is 0.261 e. The molecule has 1 saturated heterocycles. The van der Waals surface area contributed by atoms with Crippen LogP contribution >= 0.6 is 11.3 Å². The molecule has 1 fully saturated rings. The lowest BCUT2D eigenvalue weighted by atomic mass is 10.2. The Morgan fingerprint density at radius 1 is 1.50 bits per heavy atom. The van der Waals surface area contributed by atoms with Crippen molar-refractivity contribution in [3.05, 3.63) is 22.4 Å². The van der Waals surface area contributed by atoms with E-state index in [1.807, 2.05) is 30.2 Å². The van der Waals surface area contributed by atoms with E-state index in [0.717, 1.165) is 0 Å². The largest absolute Gasteiger partial charge is 0.375 e. The Kier molecular flexibility index (Phi) is 5.14. The number of nitrogens with zero attached hydrogens (tertiary/aromatic N) is 1. The maximum atomic E-state index is 12.1. The van der Waals surface area contributed by atoms with Crippen molar-refractivity contribution in [2.45, 2.75) is 32.4 Å². The Morgan fingerprint density at radius 3 is 3.00 bits per heavy atom. The molecule has 6 heteroatoms. The first-order valence-corrected chi connectivity index (χ1v) is 7.68. The topological polar surface area (TPSA) is 58.6 Å². The number of carbonyl (C=O) groups is 2. The molecule has 2 atom stereocenters. The molecule has 0 saturated carbocycles. The highest BCUT2D eigenvalue weighted by Gasteiger charge is 2.27. The quantitative estimate of drug-likeness (QED) is 0.916. The summed E-state index contributed by atoms with van der Waals surface area (Å²) in [6.45, 7) is 5.51. The molecular formula is C14H20N2O3S. The zero-order valence-electron chi connectivity index (χ0n) is 11.8. The van der Waals surface area contributed by atoms with E-state index in [2.05, 4.69) is 5.32 Å². The summed E-state index contributed by atoms with van der Waals surface area (Å²) in [6.07, 6.45) is 0.407. The number of hydrogen-bond donors (Lipinski definition) is 1. The number of morpholine rings is 1. The van der Waals surface area contributed by atoms with Crippen LogP contribution in [0.1, 0.15) is 29.9 Å². The molecule has 2 amide bonds. The van der Waals surface area contributed by atoms with Crippen LogP contribution in [0.25, 0.3) is 0 Å². The van der Waals surface area contributed by atoms with Crippen LogP contribution in [0.5, 0.6) is 0 Å². The lowest BCUT2D eigenvalue weighted by Crippen LogP contribution is -2.50. The van der Waals surface area contributed by atoms with Crippen molar-refractivity contribution < 1.29 is 14.3 Å². The van der Waals surface area contributed by atoms with Crippen molar-refractivity contribution in [1.29, 1.82) is 0 Å². The minimum atomic E-state index is -0.115. The molecule has 0 bridgehead atoms. The van der Waals surface area contributed by atoms with E-state index in [4.69, 9.17) is 4.74 Å². The van der Waals surface area contributed by atoms with Crippen molar-refractivity contribution in [3.63, 3.8) is 0 Å². The number of ether oxygens (including phenoxy) is 1. The Bertz CT molecular complexity index is 461. The average Bonchev–Trinajstić information content (AvgIpc) is 2.95. The van der Waals surface area contributed by atoms with Crippen LogP contribution in [-0.2, 0) is 9.53 Å². The van der Waals surface area contributed by atoms with Gasteiger partial charge in [0.1, 0.15) is 0 Å². The van der Waals surface area contributed by atoms with Crippen LogP contribution in [0.15, 0.2) is 17.5 Å². The molecular weight excluding hydrogens is 276 g/mol. The summed E-state index contributed by atoms with van der Waals surface area (Å²) in [5, 5.41) is 4.63. The van der Waals surface area contributed by atoms with Gasteiger partial charge in [0.25, 0.3) is 5.91 Å². The first-order chi connectivity index (χ1) is 9.58. The Balaban J connectivity index is 1.76. The van der Waals surface area contributed by atoms with Gasteiger partial charge in [0.2, 0.25) is 5.91 Å². The van der Waals surface area contributed by atoms with Gasteiger partial charge in [-0.1, -0.05) is 6.07 Å². The van der Waals surface area contributed by atoms with Crippen LogP contribution in [0.4, 0.5) is 0 Å². The molecule has 0 aliphatic carbocycles. The maximum Gasteiger partial charge on any atom is 0.261 e. The highest BCUT2D eigenvalue weighted by atomic mass is 32.1. The summed E-state index contributed by atoms with van der Waals surface area (Å²) in [5.41, 5.74) is 0. The minimum Gasteiger partial charge on any atom is -0.375 e. The van der Waals surface area contributed by atoms with Gasteiger partial charge in [0.05, 0.1) is 23.6 Å². The van der Waals surface area contributed by atoms with Gasteiger partial charge in [-0.15, -0.1) is 11.3 Å². The number of rotatable bonds is 4. The summed E-state index contributed by atoms with van der Waals surface area (Å²) in [6, 6.07) is 3.71. The molecule has 2 heterocycles. The predicted octanol–water partition coefficient (Wildman–Crippen LogP) is 1.50. The molecule has 1 N–H and O–H groups in total. The van der Waals surface area contributed by atoms with Gasteiger partial charge in [-0.25, -0.2) is 0 Å². The highest BCUT2D eigenvalue weighted by Crippen LogP contribution is 2.12. The van der Waals surface area contributed by atoms with Crippen molar-refractivity contribution in [1.82, 2.24) is 10.2 Å². The predicted molar refractivity (Wildman–Crippen MR) is 77.9 cm³/mol. The summed E-state index contributed by atoms with van der Waals surface area (Å²) in [5.74, 6) is -0.0460. The molecule has 1 aromatic rings. The second kappa shape index (κ2) is 6.85. The van der Waals surface area contributed by atoms with Crippen molar-refractivity contribution in [2.75, 3.05) is 19.7 Å². The number of amides is 2. The molecule has 20 heavy (non-hydrogen) atoms. The van der Waals surface area contributed by atoms with Gasteiger partial charge < -0.3 is 15.0 Å². The summed E-state index contributed by atoms with van der Waals surface area (Å²) in [4.78, 5) is 26.4. The number of nitrogens with one attached hydrogen (secondary N) is 1. The van der Waals surface area contributed by atoms with Crippen LogP contribution in [0, 0.1) is 0 Å². The van der Waals surface area contributed by atoms with Crippen molar-refractivity contribution >= 4 is 23.2 Å². The SMILES string of the molecule is CC1CN(C(=O)CCNC(=O)c2cccs2)C(C)CO1. The molecule has 1 aromatic heterocycles. The highest BCUT2D eigenvalue weighted by molar-refractivity contribution is 7.12. The first kappa shape index (κ1) is 15.0. The van der Waals surface area contributed by atoms with Crippen molar-refractivity contribution in [3.8, 4) is 0 Å². The third-order valence-electron chi connectivity index (χ3n) is 3.30. The number of carbonyl (C=O) groups excluding carboxylic acids is 2. The van der Waals surface area contributed by atoms with Gasteiger partial charge in [0.15, 0.2) is 0 Å². The number of hydrogen-bond acceptors (Lipinski definition) is 4. The van der Waals surface area contributed by atoms with Gasteiger partial charge in [-0.3, -0.25) is 9.59 Å². The van der Waals surface area contributed by atoms with Gasteiger partial charge >= 0.3 is 0 Å². The van der Waals surface area contributed by atoms with Crippen molar-refractivity contribution in [2.24, 2.45) is 0 Å². The standard InChI is InChI=1S/C14H20N2O3S/c1-10-9-19-11(2)8-16(10)13(17)5-6-15-14(18)12-4-3-7-20-12/h3-4,7,10-11H,5-6,8-9H2,1-2H3,(H,15,18). The maximum absolute atomic E-state index is 12.1. The molecule has 0 aromatic carbocycles. The molecule has 5 nitrogen and oxygen atoms in total. The summed E-state index contributed by atoms with van der Waals surface area (Å²) < 4.78 is 5.50. The molecule has 1 aliphatic heterocycles. The molecule has 2 unspecified atom stereocenters. The van der Waals surface area contributed by atoms with Gasteiger partial charge in [-0.2, -0.15) is 0 Å². The second-order valence-corrected chi connectivity index (χ2v) is 5.97. The Morgan fingerprint density at radius 2 is 2.30 bits per heavy atom. The zero-order chi connectivity index (χ0) is 14.5. The monoisotopic (exact) mass is 296 g/mol. The van der Waals surface area contributed by atoms with Crippen LogP contribution < -0.4 is 5.32 Å². The van der Waals surface area contributed by atoms with E-state index < -0.39 is 0 Å². The van der Waals surface area contributed by atoms with Crippen LogP contribution in [0.2, 0.25) is 0 Å². The van der Waals surface area contributed by atoms with E-state index in [9.17, 15) is 9.59 Å². The number of thiophene rings is 1.